The summed E-state index contributed by atoms with van der Waals surface area (Å²) in [7, 11) is 3.06. The molecule has 2 heterocycles. The van der Waals surface area contributed by atoms with Crippen molar-refractivity contribution in [1.82, 2.24) is 15.1 Å². The summed E-state index contributed by atoms with van der Waals surface area (Å²) in [6.45, 7) is 1.74. The van der Waals surface area contributed by atoms with E-state index in [0.29, 0.717) is 45.2 Å². The number of nitrogens with one attached hydrogen (secondary N) is 2. The van der Waals surface area contributed by atoms with E-state index in [4.69, 9.17) is 14.0 Å². The van der Waals surface area contributed by atoms with E-state index >= 15 is 0 Å². The summed E-state index contributed by atoms with van der Waals surface area (Å²) < 4.78 is 42.0. The molecule has 0 saturated heterocycles. The van der Waals surface area contributed by atoms with Gasteiger partial charge in [-0.3, -0.25) is 13.3 Å². The lowest BCUT2D eigenvalue weighted by molar-refractivity contribution is -0.115. The Labute approximate surface area is 237 Å². The van der Waals surface area contributed by atoms with Gasteiger partial charge >= 0.3 is 0 Å². The van der Waals surface area contributed by atoms with Gasteiger partial charge in [-0.05, 0) is 37.3 Å². The maximum Gasteiger partial charge on any atom is 0.228 e. The maximum absolute atomic E-state index is 12.7. The lowest BCUT2D eigenvalue weighted by Gasteiger charge is -2.27. The fraction of sp³-hybridized carbons (Fsp3) is 0.143. The molecule has 3 aromatic carbocycles. The number of fused-ring (bicyclic) bond motifs is 1. The topological polar surface area (TPSA) is 155 Å². The number of benzene rings is 3. The number of hydrogen-bond donors (Lipinski definition) is 2. The number of para-hydroxylation sites is 2. The van der Waals surface area contributed by atoms with Crippen LogP contribution in [0, 0.1) is 6.92 Å². The zero-order chi connectivity index (χ0) is 28.9. The Hall–Kier alpha value is -5.01. The van der Waals surface area contributed by atoms with E-state index in [1.807, 2.05) is 6.07 Å². The first-order valence-corrected chi connectivity index (χ1v) is 13.3. The molecule has 2 N–H and O–H groups in total. The van der Waals surface area contributed by atoms with Crippen LogP contribution in [0.25, 0.3) is 11.0 Å². The number of amides is 1. The predicted octanol–water partition coefficient (Wildman–Crippen LogP) is 4.80. The van der Waals surface area contributed by atoms with Crippen LogP contribution in [-0.4, -0.2) is 44.0 Å². The number of hydrogen-bond acceptors (Lipinski definition) is 10. The molecule has 0 fully saturated rings. The average molecular weight is 574 g/mol. The minimum absolute atomic E-state index is 0.0161. The molecular weight excluding hydrogens is 548 g/mol. The smallest absolute Gasteiger partial charge is 0.228 e. The van der Waals surface area contributed by atoms with Crippen LogP contribution in [0.2, 0.25) is 0 Å². The highest BCUT2D eigenvalue weighted by atomic mass is 32.2. The van der Waals surface area contributed by atoms with Crippen LogP contribution < -0.4 is 24.4 Å². The number of carbonyl (C=O) groups excluding carboxylic acids is 1. The first-order valence-electron chi connectivity index (χ1n) is 12.3. The Balaban J connectivity index is 1.54. The van der Waals surface area contributed by atoms with E-state index in [0.717, 1.165) is 4.31 Å². The third-order valence-electron chi connectivity index (χ3n) is 6.07. The van der Waals surface area contributed by atoms with E-state index in [9.17, 15) is 13.6 Å². The zero-order valence-electron chi connectivity index (χ0n) is 22.3. The molecule has 1 unspecified atom stereocenters. The van der Waals surface area contributed by atoms with Crippen LogP contribution in [-0.2, 0) is 22.5 Å². The summed E-state index contributed by atoms with van der Waals surface area (Å²) in [4.78, 5) is 22.0. The van der Waals surface area contributed by atoms with E-state index in [1.54, 1.807) is 61.5 Å². The highest BCUT2D eigenvalue weighted by Gasteiger charge is 2.21. The molecule has 5 aromatic rings. The summed E-state index contributed by atoms with van der Waals surface area (Å²) in [6, 6.07) is 18.7. The molecule has 1 atom stereocenters. The van der Waals surface area contributed by atoms with Gasteiger partial charge in [0, 0.05) is 35.1 Å². The molecule has 13 heteroatoms. The van der Waals surface area contributed by atoms with E-state index in [2.05, 4.69) is 25.8 Å². The van der Waals surface area contributed by atoms with E-state index in [-0.39, 0.29) is 29.7 Å². The van der Waals surface area contributed by atoms with Gasteiger partial charge in [-0.2, -0.15) is 0 Å². The minimum Gasteiger partial charge on any atom is -0.755 e. The van der Waals surface area contributed by atoms with E-state index in [1.165, 1.54) is 26.5 Å². The summed E-state index contributed by atoms with van der Waals surface area (Å²) in [6.07, 6.45) is 1.46. The molecule has 0 bridgehead atoms. The van der Waals surface area contributed by atoms with Gasteiger partial charge in [0.15, 0.2) is 11.6 Å². The van der Waals surface area contributed by atoms with Crippen molar-refractivity contribution in [2.45, 2.75) is 13.3 Å². The number of methoxy groups -OCH3 is 2. The number of carbonyl (C=O) groups is 1. The molecule has 0 aliphatic rings. The van der Waals surface area contributed by atoms with Gasteiger partial charge in [-0.25, -0.2) is 9.97 Å². The monoisotopic (exact) mass is 573 g/mol. The minimum atomic E-state index is -2.82. The molecule has 210 valence electrons. The van der Waals surface area contributed by atoms with E-state index < -0.39 is 11.3 Å². The van der Waals surface area contributed by atoms with Crippen molar-refractivity contribution < 1.29 is 27.6 Å². The zero-order valence-corrected chi connectivity index (χ0v) is 23.1. The standard InChI is InChI=1S/C28H26N6O6S/c1-17-18(16-40-33-17)11-26(35)29-19-7-6-8-21(12-19)34(41(36)37)28-27(31-24-9-4-5-10-25(24)32-28)30-20-13-22(38-2)15-23(14-20)39-3/h4-10,12-16H,11H2,1-3H3,(H,29,35)(H,30,31)(H,36,37)/p-1. The second-order valence-electron chi connectivity index (χ2n) is 8.82. The largest absolute Gasteiger partial charge is 0.755 e. The molecule has 0 radical (unpaired) electrons. The normalized spacial score (nSPS) is 11.6. The number of rotatable bonds is 10. The number of nitrogens with zero attached hydrogens (tertiary/aromatic N) is 4. The molecular formula is C28H25N6O6S-. The van der Waals surface area contributed by atoms with Gasteiger partial charge in [0.05, 0.1) is 54.3 Å². The second-order valence-corrected chi connectivity index (χ2v) is 9.62. The number of ether oxygens (including phenoxy) is 2. The Morgan fingerprint density at radius 1 is 0.976 bits per heavy atom. The number of aryl methyl sites for hydroxylation is 1. The van der Waals surface area contributed by atoms with Crippen molar-refractivity contribution in [2.24, 2.45) is 0 Å². The van der Waals surface area contributed by atoms with Crippen molar-refractivity contribution in [1.29, 1.82) is 0 Å². The van der Waals surface area contributed by atoms with Gasteiger partial charge in [0.25, 0.3) is 0 Å². The number of aromatic nitrogens is 3. The lowest BCUT2D eigenvalue weighted by atomic mass is 10.2. The first-order chi connectivity index (χ1) is 19.8. The van der Waals surface area contributed by atoms with Crippen molar-refractivity contribution in [3.05, 3.63) is 84.3 Å². The Morgan fingerprint density at radius 2 is 1.68 bits per heavy atom. The van der Waals surface area contributed by atoms with Crippen LogP contribution in [0.15, 0.2) is 77.5 Å². The van der Waals surface area contributed by atoms with Crippen molar-refractivity contribution in [2.75, 3.05) is 29.2 Å². The van der Waals surface area contributed by atoms with Gasteiger partial charge in [-0.15, -0.1) is 0 Å². The molecule has 41 heavy (non-hydrogen) atoms. The molecule has 1 amide bonds. The highest BCUT2D eigenvalue weighted by Crippen LogP contribution is 2.36. The second kappa shape index (κ2) is 12.0. The van der Waals surface area contributed by atoms with Crippen LogP contribution in [0.1, 0.15) is 11.3 Å². The maximum atomic E-state index is 12.7. The molecule has 5 rings (SSSR count). The Morgan fingerprint density at radius 3 is 2.32 bits per heavy atom. The van der Waals surface area contributed by atoms with Crippen LogP contribution in [0.3, 0.4) is 0 Å². The van der Waals surface area contributed by atoms with Crippen molar-refractivity contribution in [3.63, 3.8) is 0 Å². The molecule has 12 nitrogen and oxygen atoms in total. The van der Waals surface area contributed by atoms with Gasteiger partial charge < -0.3 is 29.2 Å². The van der Waals surface area contributed by atoms with Gasteiger partial charge in [0.1, 0.15) is 17.8 Å². The quantitative estimate of drug-likeness (QED) is 0.223. The highest BCUT2D eigenvalue weighted by molar-refractivity contribution is 7.81. The van der Waals surface area contributed by atoms with Crippen LogP contribution in [0.5, 0.6) is 11.5 Å². The summed E-state index contributed by atoms with van der Waals surface area (Å²) in [5.41, 5.74) is 3.46. The molecule has 2 aromatic heterocycles. The summed E-state index contributed by atoms with van der Waals surface area (Å²) >= 11 is -2.82. The molecule has 0 aliphatic heterocycles. The van der Waals surface area contributed by atoms with Crippen molar-refractivity contribution in [3.8, 4) is 11.5 Å². The average Bonchev–Trinajstić information content (AvgIpc) is 3.36. The summed E-state index contributed by atoms with van der Waals surface area (Å²) in [5, 5.41) is 9.73. The van der Waals surface area contributed by atoms with Crippen LogP contribution >= 0.6 is 0 Å². The first kappa shape index (κ1) is 27.6. The molecule has 0 saturated carbocycles. The van der Waals surface area contributed by atoms with Crippen molar-refractivity contribution >= 4 is 56.9 Å². The van der Waals surface area contributed by atoms with Gasteiger partial charge in [0.2, 0.25) is 5.91 Å². The third-order valence-corrected chi connectivity index (χ3v) is 6.75. The Kier molecular flexibility index (Phi) is 8.08. The number of anilines is 5. The predicted molar refractivity (Wildman–Crippen MR) is 153 cm³/mol. The van der Waals surface area contributed by atoms with Crippen LogP contribution in [0.4, 0.5) is 28.7 Å². The SMILES string of the molecule is COc1cc(Nc2nc3ccccc3nc2N(c2cccc(NC(=O)Cc3conc3C)c2)S(=O)[O-])cc(OC)c1. The summed E-state index contributed by atoms with van der Waals surface area (Å²) in [5.74, 6) is 0.915. The molecule has 0 spiro atoms. The van der Waals surface area contributed by atoms with Gasteiger partial charge in [-0.1, -0.05) is 23.4 Å². The fourth-order valence-corrected chi connectivity index (χ4v) is 4.64. The molecule has 0 aliphatic carbocycles. The Bertz CT molecular complexity index is 1720. The lowest BCUT2D eigenvalue weighted by Crippen LogP contribution is -2.23. The third kappa shape index (κ3) is 6.26. The fourth-order valence-electron chi connectivity index (χ4n) is 4.08.